The summed E-state index contributed by atoms with van der Waals surface area (Å²) in [5, 5.41) is 7.18. The minimum Gasteiger partial charge on any atom is -0.493 e. The number of rotatable bonds is 10. The second-order valence-corrected chi connectivity index (χ2v) is 10.9. The van der Waals surface area contributed by atoms with E-state index in [0.29, 0.717) is 12.4 Å². The molecule has 200 valence electrons. The maximum Gasteiger partial charge on any atom is 0.214 e. The van der Waals surface area contributed by atoms with E-state index in [1.54, 1.807) is 7.11 Å². The van der Waals surface area contributed by atoms with Crippen molar-refractivity contribution in [3.63, 3.8) is 0 Å². The van der Waals surface area contributed by atoms with Gasteiger partial charge in [0.25, 0.3) is 0 Å². The lowest BCUT2D eigenvalue weighted by Crippen LogP contribution is -2.33. The van der Waals surface area contributed by atoms with Crippen molar-refractivity contribution in [1.29, 1.82) is 0 Å². The Labute approximate surface area is 233 Å². The molecule has 0 amide bonds. The molecule has 2 atom stereocenters. The molecule has 3 aromatic carbocycles. The Morgan fingerprint density at radius 2 is 1.84 bits per heavy atom. The minimum absolute atomic E-state index is 0.0544. The third-order valence-corrected chi connectivity index (χ3v) is 7.28. The Hall–Kier alpha value is -3.19. The standard InChI is InChI=1S/C31H35BrN2O4/c1-5-6-7-16-36-29-14-10-22(17-30(29)35-4)31-34-27(25-18-23(32)11-15-28(25)38-31)19-26(33-34)21-8-12-24(13-9-21)37-20(2)3/h8-15,17-18,20,27,31H,5-7,16,19H2,1-4H3. The average molecular weight is 580 g/mol. The Morgan fingerprint density at radius 1 is 1.03 bits per heavy atom. The van der Waals surface area contributed by atoms with Crippen LogP contribution in [0.3, 0.4) is 0 Å². The fraction of sp³-hybridized carbons (Fsp3) is 0.387. The molecule has 2 aliphatic rings. The van der Waals surface area contributed by atoms with Crippen LogP contribution in [0.5, 0.6) is 23.0 Å². The first kappa shape index (κ1) is 26.4. The summed E-state index contributed by atoms with van der Waals surface area (Å²) in [7, 11) is 1.67. The fourth-order valence-corrected chi connectivity index (χ4v) is 5.32. The van der Waals surface area contributed by atoms with E-state index in [1.165, 1.54) is 0 Å². The van der Waals surface area contributed by atoms with Crippen LogP contribution in [0.15, 0.2) is 70.2 Å². The summed E-state index contributed by atoms with van der Waals surface area (Å²) in [5.74, 6) is 3.18. The van der Waals surface area contributed by atoms with Gasteiger partial charge in [-0.3, -0.25) is 0 Å². The van der Waals surface area contributed by atoms with E-state index in [1.807, 2.05) is 50.2 Å². The molecule has 0 spiro atoms. The van der Waals surface area contributed by atoms with Crippen LogP contribution in [0.4, 0.5) is 0 Å². The predicted octanol–water partition coefficient (Wildman–Crippen LogP) is 8.06. The highest BCUT2D eigenvalue weighted by molar-refractivity contribution is 9.10. The van der Waals surface area contributed by atoms with Crippen molar-refractivity contribution in [1.82, 2.24) is 5.01 Å². The first-order chi connectivity index (χ1) is 18.5. The van der Waals surface area contributed by atoms with E-state index >= 15 is 0 Å². The molecule has 5 rings (SSSR count). The van der Waals surface area contributed by atoms with E-state index in [0.717, 1.165) is 69.8 Å². The summed E-state index contributed by atoms with van der Waals surface area (Å²) in [5.41, 5.74) is 4.19. The summed E-state index contributed by atoms with van der Waals surface area (Å²) < 4.78 is 25.1. The van der Waals surface area contributed by atoms with E-state index in [-0.39, 0.29) is 12.1 Å². The normalized spacial score (nSPS) is 17.9. The SMILES string of the molecule is CCCCCOc1ccc(C2Oc3ccc(Br)cc3C3CC(c4ccc(OC(C)C)cc4)=NN32)cc1OC. The topological polar surface area (TPSA) is 52.5 Å². The van der Waals surface area contributed by atoms with Crippen LogP contribution in [0.2, 0.25) is 0 Å². The Morgan fingerprint density at radius 3 is 2.58 bits per heavy atom. The van der Waals surface area contributed by atoms with E-state index in [4.69, 9.17) is 24.0 Å². The summed E-state index contributed by atoms with van der Waals surface area (Å²) in [6, 6.07) is 20.5. The molecule has 7 heteroatoms. The first-order valence-corrected chi connectivity index (χ1v) is 14.2. The van der Waals surface area contributed by atoms with Crippen LogP contribution in [-0.2, 0) is 0 Å². The number of hydrogen-bond donors (Lipinski definition) is 0. The molecular weight excluding hydrogens is 544 g/mol. The van der Waals surface area contributed by atoms with Crippen molar-refractivity contribution in [2.75, 3.05) is 13.7 Å². The molecule has 0 saturated heterocycles. The Balaban J connectivity index is 1.46. The zero-order chi connectivity index (χ0) is 26.6. The second-order valence-electron chi connectivity index (χ2n) is 9.96. The van der Waals surface area contributed by atoms with Crippen molar-refractivity contribution in [2.24, 2.45) is 5.10 Å². The lowest BCUT2D eigenvalue weighted by Gasteiger charge is -2.38. The van der Waals surface area contributed by atoms with Gasteiger partial charge in [0.1, 0.15) is 11.5 Å². The fourth-order valence-electron chi connectivity index (χ4n) is 4.94. The number of benzene rings is 3. The van der Waals surface area contributed by atoms with E-state index in [9.17, 15) is 0 Å². The molecule has 0 radical (unpaired) electrons. The summed E-state index contributed by atoms with van der Waals surface area (Å²) >= 11 is 3.64. The highest BCUT2D eigenvalue weighted by Gasteiger charge is 2.41. The molecule has 2 unspecified atom stereocenters. The third-order valence-electron chi connectivity index (χ3n) is 6.79. The smallest absolute Gasteiger partial charge is 0.214 e. The minimum atomic E-state index is -0.391. The number of fused-ring (bicyclic) bond motifs is 3. The first-order valence-electron chi connectivity index (χ1n) is 13.4. The highest BCUT2D eigenvalue weighted by atomic mass is 79.9. The van der Waals surface area contributed by atoms with Crippen LogP contribution in [0, 0.1) is 0 Å². The van der Waals surface area contributed by atoms with E-state index in [2.05, 4.69) is 52.1 Å². The molecule has 38 heavy (non-hydrogen) atoms. The lowest BCUT2D eigenvalue weighted by atomic mass is 9.96. The molecule has 0 saturated carbocycles. The molecule has 0 bridgehead atoms. The molecular formula is C31H35BrN2O4. The van der Waals surface area contributed by atoms with Gasteiger partial charge in [-0.15, -0.1) is 0 Å². The molecule has 6 nitrogen and oxygen atoms in total. The number of unbranched alkanes of at least 4 members (excludes halogenated alkanes) is 2. The maximum absolute atomic E-state index is 6.57. The monoisotopic (exact) mass is 578 g/mol. The number of nitrogens with zero attached hydrogens (tertiary/aromatic N) is 2. The quantitative estimate of drug-likeness (QED) is 0.228. The van der Waals surface area contributed by atoms with Crippen molar-refractivity contribution in [2.45, 2.75) is 64.8 Å². The second kappa shape index (κ2) is 11.7. The molecule has 3 aromatic rings. The lowest BCUT2D eigenvalue weighted by molar-refractivity contribution is -0.0192. The molecule has 0 aliphatic carbocycles. The molecule has 0 aromatic heterocycles. The zero-order valence-electron chi connectivity index (χ0n) is 22.4. The van der Waals surface area contributed by atoms with Gasteiger partial charge in [0.05, 0.1) is 31.6 Å². The summed E-state index contributed by atoms with van der Waals surface area (Å²) in [6.45, 7) is 6.92. The highest BCUT2D eigenvalue weighted by Crippen LogP contribution is 2.49. The van der Waals surface area contributed by atoms with Crippen molar-refractivity contribution in [3.05, 3.63) is 81.8 Å². The molecule has 0 N–H and O–H groups in total. The maximum atomic E-state index is 6.57. The zero-order valence-corrected chi connectivity index (χ0v) is 24.0. The Kier molecular flexibility index (Phi) is 8.12. The largest absolute Gasteiger partial charge is 0.493 e. The van der Waals surface area contributed by atoms with Crippen LogP contribution < -0.4 is 18.9 Å². The van der Waals surface area contributed by atoms with Crippen molar-refractivity contribution in [3.8, 4) is 23.0 Å². The number of ether oxygens (including phenoxy) is 4. The van der Waals surface area contributed by atoms with Crippen LogP contribution in [0.25, 0.3) is 0 Å². The summed E-state index contributed by atoms with van der Waals surface area (Å²) in [4.78, 5) is 0. The van der Waals surface area contributed by atoms with Crippen molar-refractivity contribution >= 4 is 21.6 Å². The average Bonchev–Trinajstić information content (AvgIpc) is 3.37. The van der Waals surface area contributed by atoms with Gasteiger partial charge in [0.15, 0.2) is 11.5 Å². The van der Waals surface area contributed by atoms with Gasteiger partial charge in [-0.25, -0.2) is 5.01 Å². The van der Waals surface area contributed by atoms with Crippen LogP contribution in [-0.4, -0.2) is 30.5 Å². The van der Waals surface area contributed by atoms with Gasteiger partial charge in [0, 0.05) is 22.0 Å². The molecule has 2 heterocycles. The van der Waals surface area contributed by atoms with E-state index < -0.39 is 6.23 Å². The van der Waals surface area contributed by atoms with Gasteiger partial charge in [0.2, 0.25) is 6.23 Å². The van der Waals surface area contributed by atoms with Gasteiger partial charge in [-0.1, -0.05) is 35.7 Å². The number of halogens is 1. The predicted molar refractivity (Wildman–Crippen MR) is 153 cm³/mol. The van der Waals surface area contributed by atoms with Gasteiger partial charge < -0.3 is 18.9 Å². The number of hydrogen-bond acceptors (Lipinski definition) is 6. The molecule has 2 aliphatic heterocycles. The third kappa shape index (κ3) is 5.63. The van der Waals surface area contributed by atoms with Crippen LogP contribution in [0.1, 0.15) is 75.4 Å². The van der Waals surface area contributed by atoms with Gasteiger partial charge in [-0.05, 0) is 86.5 Å². The van der Waals surface area contributed by atoms with Crippen molar-refractivity contribution < 1.29 is 18.9 Å². The number of hydrazone groups is 1. The van der Waals surface area contributed by atoms with Gasteiger partial charge >= 0.3 is 0 Å². The number of methoxy groups -OCH3 is 1. The van der Waals surface area contributed by atoms with Gasteiger partial charge in [-0.2, -0.15) is 5.10 Å². The van der Waals surface area contributed by atoms with Crippen LogP contribution >= 0.6 is 15.9 Å². The molecule has 0 fully saturated rings. The summed E-state index contributed by atoms with van der Waals surface area (Å²) in [6.07, 6.45) is 3.86. The Bertz CT molecular complexity index is 1290.